The summed E-state index contributed by atoms with van der Waals surface area (Å²) in [5.41, 5.74) is 1.02. The fourth-order valence-electron chi connectivity index (χ4n) is 4.29. The van der Waals surface area contributed by atoms with E-state index in [9.17, 15) is 14.7 Å². The van der Waals surface area contributed by atoms with Crippen molar-refractivity contribution in [2.45, 2.75) is 56.7 Å². The first-order valence-electron chi connectivity index (χ1n) is 12.1. The first-order chi connectivity index (χ1) is 17.5. The summed E-state index contributed by atoms with van der Waals surface area (Å²) in [6.07, 6.45) is 8.31. The van der Waals surface area contributed by atoms with E-state index in [-0.39, 0.29) is 36.3 Å². The number of aromatic amines is 2. The molecule has 0 unspecified atom stereocenters. The zero-order valence-electron chi connectivity index (χ0n) is 20.0. The zero-order chi connectivity index (χ0) is 25.1. The van der Waals surface area contributed by atoms with E-state index in [1.165, 1.54) is 0 Å². The number of rotatable bonds is 8. The largest absolute Gasteiger partial charge is 0.493 e. The molecule has 2 fully saturated rings. The third-order valence-electron chi connectivity index (χ3n) is 6.30. The van der Waals surface area contributed by atoms with Gasteiger partial charge in [0, 0.05) is 30.5 Å². The molecule has 36 heavy (non-hydrogen) atoms. The number of nitrogens with zero attached hydrogens (tertiary/aromatic N) is 4. The maximum absolute atomic E-state index is 11.9. The maximum atomic E-state index is 11.9. The molecule has 0 saturated heterocycles. The van der Waals surface area contributed by atoms with E-state index in [0.29, 0.717) is 28.8 Å². The zero-order valence-corrected chi connectivity index (χ0v) is 20.0. The molecule has 0 atom stereocenters. The van der Waals surface area contributed by atoms with Crippen LogP contribution in [-0.4, -0.2) is 74.2 Å². The second-order valence-corrected chi connectivity index (χ2v) is 9.15. The number of fused-ring (bicyclic) bond motifs is 1. The topological polar surface area (TPSA) is 171 Å². The van der Waals surface area contributed by atoms with Gasteiger partial charge in [0.05, 0.1) is 18.8 Å². The van der Waals surface area contributed by atoms with Gasteiger partial charge in [-0.2, -0.15) is 9.61 Å². The summed E-state index contributed by atoms with van der Waals surface area (Å²) in [7, 11) is 1.56. The van der Waals surface area contributed by atoms with Crippen LogP contribution in [0.1, 0.15) is 44.2 Å². The average Bonchev–Trinajstić information content (AvgIpc) is 3.49. The quantitative estimate of drug-likeness (QED) is 0.273. The second kappa shape index (κ2) is 10.4. The van der Waals surface area contributed by atoms with Crippen LogP contribution < -0.4 is 27.0 Å². The predicted molar refractivity (Wildman–Crippen MR) is 129 cm³/mol. The van der Waals surface area contributed by atoms with Gasteiger partial charge in [0.25, 0.3) is 0 Å². The fourth-order valence-corrected chi connectivity index (χ4v) is 4.29. The Hall–Kier alpha value is -3.87. The maximum Gasteiger partial charge on any atom is 0.407 e. The van der Waals surface area contributed by atoms with Crippen molar-refractivity contribution in [1.29, 1.82) is 0 Å². The average molecular weight is 499 g/mol. The molecule has 3 aromatic heterocycles. The highest BCUT2D eigenvalue weighted by molar-refractivity contribution is 5.67. The van der Waals surface area contributed by atoms with Crippen molar-refractivity contribution in [2.75, 3.05) is 25.6 Å². The van der Waals surface area contributed by atoms with E-state index < -0.39 is 11.8 Å². The monoisotopic (exact) mass is 498 g/mol. The van der Waals surface area contributed by atoms with E-state index in [4.69, 9.17) is 19.5 Å². The Morgan fingerprint density at radius 2 is 2.00 bits per heavy atom. The number of alkyl carbamates (subject to hydrolysis) is 1. The van der Waals surface area contributed by atoms with Crippen molar-refractivity contribution in [3.05, 3.63) is 39.1 Å². The summed E-state index contributed by atoms with van der Waals surface area (Å²) in [6.45, 7) is 0.604. The van der Waals surface area contributed by atoms with Crippen LogP contribution in [0.4, 0.5) is 10.6 Å². The number of amides is 1. The predicted octanol–water partition coefficient (Wildman–Crippen LogP) is 0.158. The van der Waals surface area contributed by atoms with Crippen LogP contribution in [0.15, 0.2) is 22.1 Å². The Kier molecular flexibility index (Phi) is 6.89. The number of imidazole rings is 1. The number of hydrogen-bond acceptors (Lipinski definition) is 9. The summed E-state index contributed by atoms with van der Waals surface area (Å²) in [5.74, 6) is 0.434. The van der Waals surface area contributed by atoms with Crippen LogP contribution in [0.5, 0.6) is 5.88 Å². The molecule has 0 aliphatic heterocycles. The summed E-state index contributed by atoms with van der Waals surface area (Å²) < 4.78 is 11.7. The lowest BCUT2D eigenvalue weighted by atomic mass is 9.91. The standard InChI is InChI=1S/C23H30N8O5/c1-35-8-9-36-23(34)27-16-6-2-14(3-7-16)25-18-11-19(26-15-4-5-15)31-20(29-18)13(12-24-31)10-17-21(32)30-22(33)28-17/h10-12,14-16,25,32H,2-9H2,1H3,(H,27,34)(H2,28,30,33)/b13-10-,26-19?. The minimum absolute atomic E-state index is 0.0705. The van der Waals surface area contributed by atoms with Gasteiger partial charge in [-0.1, -0.05) is 0 Å². The van der Waals surface area contributed by atoms with Gasteiger partial charge in [0.2, 0.25) is 5.88 Å². The van der Waals surface area contributed by atoms with E-state index >= 15 is 0 Å². The van der Waals surface area contributed by atoms with Crippen LogP contribution >= 0.6 is 0 Å². The van der Waals surface area contributed by atoms with Crippen molar-refractivity contribution in [1.82, 2.24) is 29.9 Å². The lowest BCUT2D eigenvalue weighted by molar-refractivity contribution is 0.0950. The summed E-state index contributed by atoms with van der Waals surface area (Å²) in [5, 5.41) is 21.5. The van der Waals surface area contributed by atoms with Gasteiger partial charge in [-0.15, -0.1) is 0 Å². The fraction of sp³-hybridized carbons (Fsp3) is 0.522. The van der Waals surface area contributed by atoms with E-state index in [0.717, 1.165) is 38.5 Å². The lowest BCUT2D eigenvalue weighted by Gasteiger charge is -2.29. The molecular weight excluding hydrogens is 468 g/mol. The van der Waals surface area contributed by atoms with Crippen molar-refractivity contribution < 1.29 is 19.4 Å². The summed E-state index contributed by atoms with van der Waals surface area (Å²) in [4.78, 5) is 37.8. The normalized spacial score (nSPS) is 21.1. The van der Waals surface area contributed by atoms with Gasteiger partial charge in [0.1, 0.15) is 18.1 Å². The van der Waals surface area contributed by atoms with Crippen LogP contribution in [0.2, 0.25) is 0 Å². The SMILES string of the molecule is COCCOC(=O)NC1CCC(Nc2cc(=NC3CC3)n3nc/c(=C/c4[nH]c(=O)[nH]c4O)c3n2)CC1. The van der Waals surface area contributed by atoms with Gasteiger partial charge >= 0.3 is 11.8 Å². The Morgan fingerprint density at radius 3 is 2.69 bits per heavy atom. The highest BCUT2D eigenvalue weighted by Gasteiger charge is 2.24. The molecule has 13 nitrogen and oxygen atoms in total. The molecule has 0 spiro atoms. The van der Waals surface area contributed by atoms with Crippen LogP contribution in [0.3, 0.4) is 0 Å². The van der Waals surface area contributed by atoms with E-state index in [1.54, 1.807) is 23.9 Å². The number of nitrogens with one attached hydrogen (secondary N) is 4. The Morgan fingerprint density at radius 1 is 1.22 bits per heavy atom. The molecule has 5 N–H and O–H groups in total. The summed E-state index contributed by atoms with van der Waals surface area (Å²) in [6, 6.07) is 2.45. The van der Waals surface area contributed by atoms with Gasteiger partial charge < -0.3 is 30.2 Å². The molecule has 2 aliphatic rings. The number of carbonyl (C=O) groups excluding carboxylic acids is 1. The minimum atomic E-state index is -0.497. The molecule has 0 radical (unpaired) electrons. The number of anilines is 1. The number of H-pyrrole nitrogens is 2. The molecular formula is C23H30N8O5. The number of aromatic hydroxyl groups is 1. The molecule has 5 rings (SSSR count). The third kappa shape index (κ3) is 5.67. The van der Waals surface area contributed by atoms with Crippen LogP contribution in [0, 0.1) is 0 Å². The first-order valence-corrected chi connectivity index (χ1v) is 12.1. The van der Waals surface area contributed by atoms with E-state index in [2.05, 4.69) is 25.7 Å². The van der Waals surface area contributed by atoms with Crippen molar-refractivity contribution >= 4 is 23.6 Å². The molecule has 0 aromatic carbocycles. The molecule has 3 heterocycles. The van der Waals surface area contributed by atoms with Gasteiger partial charge in [-0.3, -0.25) is 9.98 Å². The lowest BCUT2D eigenvalue weighted by Crippen LogP contribution is -2.40. The highest BCUT2D eigenvalue weighted by atomic mass is 16.6. The van der Waals surface area contributed by atoms with Crippen molar-refractivity contribution in [3.63, 3.8) is 0 Å². The minimum Gasteiger partial charge on any atom is -0.493 e. The molecule has 13 heteroatoms. The van der Waals surface area contributed by atoms with Crippen LogP contribution in [-0.2, 0) is 9.47 Å². The van der Waals surface area contributed by atoms with Gasteiger partial charge in [-0.05, 0) is 44.6 Å². The Balaban J connectivity index is 1.33. The molecule has 192 valence electrons. The Bertz CT molecular complexity index is 1400. The highest BCUT2D eigenvalue weighted by Crippen LogP contribution is 2.23. The Labute approximate surface area is 205 Å². The number of carbonyl (C=O) groups is 1. The number of hydrogen-bond donors (Lipinski definition) is 5. The molecule has 2 saturated carbocycles. The van der Waals surface area contributed by atoms with Gasteiger partial charge in [0.15, 0.2) is 11.1 Å². The van der Waals surface area contributed by atoms with Gasteiger partial charge in [-0.25, -0.2) is 14.6 Å². The molecule has 0 bridgehead atoms. The smallest absolute Gasteiger partial charge is 0.407 e. The third-order valence-corrected chi connectivity index (χ3v) is 6.30. The number of ether oxygens (including phenoxy) is 2. The second-order valence-electron chi connectivity index (χ2n) is 9.15. The van der Waals surface area contributed by atoms with E-state index in [1.807, 2.05) is 6.07 Å². The first kappa shape index (κ1) is 23.9. The van der Waals surface area contributed by atoms with Crippen molar-refractivity contribution in [3.8, 4) is 5.88 Å². The van der Waals surface area contributed by atoms with Crippen LogP contribution in [0.25, 0.3) is 11.7 Å². The number of methoxy groups -OCH3 is 1. The molecule has 1 amide bonds. The molecule has 3 aromatic rings. The number of aromatic nitrogens is 5. The summed E-state index contributed by atoms with van der Waals surface area (Å²) >= 11 is 0. The molecule has 2 aliphatic carbocycles. The van der Waals surface area contributed by atoms with Crippen molar-refractivity contribution in [2.24, 2.45) is 4.99 Å².